The summed E-state index contributed by atoms with van der Waals surface area (Å²) in [4.78, 5) is 16.7. The maximum atomic E-state index is 12.2. The minimum absolute atomic E-state index is 0.00961. The van der Waals surface area contributed by atoms with Gasteiger partial charge in [-0.05, 0) is 25.5 Å². The lowest BCUT2D eigenvalue weighted by Crippen LogP contribution is -2.32. The van der Waals surface area contributed by atoms with E-state index < -0.39 is 0 Å². The number of aromatic nitrogens is 2. The Kier molecular flexibility index (Phi) is 5.86. The Morgan fingerprint density at radius 1 is 1.32 bits per heavy atom. The molecule has 0 aliphatic carbocycles. The minimum Gasteiger partial charge on any atom is -0.385 e. The first kappa shape index (κ1) is 16.4. The molecular weight excluding hydrogens is 278 g/mol. The van der Waals surface area contributed by atoms with Gasteiger partial charge in [0.05, 0.1) is 6.04 Å². The summed E-state index contributed by atoms with van der Waals surface area (Å²) in [5.74, 6) is 0.721. The molecule has 1 aromatic carbocycles. The molecule has 0 bridgehead atoms. The van der Waals surface area contributed by atoms with Gasteiger partial charge in [0.25, 0.3) is 5.56 Å². The Labute approximate surface area is 131 Å². The molecule has 0 fully saturated rings. The topological polar surface area (TPSA) is 56.1 Å². The van der Waals surface area contributed by atoms with E-state index in [-0.39, 0.29) is 11.6 Å². The van der Waals surface area contributed by atoms with Gasteiger partial charge < -0.3 is 10.1 Å². The Hall–Kier alpha value is -1.98. The van der Waals surface area contributed by atoms with E-state index in [1.165, 1.54) is 0 Å². The van der Waals surface area contributed by atoms with Gasteiger partial charge in [0.1, 0.15) is 5.82 Å². The number of hydrogen-bond acceptors (Lipinski definition) is 4. The van der Waals surface area contributed by atoms with E-state index in [0.29, 0.717) is 12.2 Å². The first-order valence-corrected chi connectivity index (χ1v) is 7.45. The third-order valence-corrected chi connectivity index (χ3v) is 3.64. The highest BCUT2D eigenvalue weighted by Crippen LogP contribution is 2.19. The van der Waals surface area contributed by atoms with Crippen LogP contribution in [0.4, 0.5) is 0 Å². The SMILES string of the molecule is COCCCN[C@@H](c1ccccc1)c1ncc(C)c(=O)n1C. The second kappa shape index (κ2) is 7.87. The highest BCUT2D eigenvalue weighted by molar-refractivity contribution is 5.25. The van der Waals surface area contributed by atoms with E-state index in [0.717, 1.165) is 24.4 Å². The normalized spacial score (nSPS) is 12.3. The van der Waals surface area contributed by atoms with Crippen LogP contribution in [0.1, 0.15) is 29.4 Å². The zero-order valence-corrected chi connectivity index (χ0v) is 13.4. The highest BCUT2D eigenvalue weighted by Gasteiger charge is 2.18. The summed E-state index contributed by atoms with van der Waals surface area (Å²) in [7, 11) is 3.46. The summed E-state index contributed by atoms with van der Waals surface area (Å²) in [6, 6.07) is 9.93. The van der Waals surface area contributed by atoms with Crippen LogP contribution < -0.4 is 10.9 Å². The van der Waals surface area contributed by atoms with Crippen molar-refractivity contribution in [2.45, 2.75) is 19.4 Å². The fraction of sp³-hybridized carbons (Fsp3) is 0.412. The number of methoxy groups -OCH3 is 1. The predicted molar refractivity (Wildman–Crippen MR) is 87.0 cm³/mol. The lowest BCUT2D eigenvalue weighted by atomic mass is 10.1. The van der Waals surface area contributed by atoms with Crippen LogP contribution in [0.2, 0.25) is 0 Å². The molecule has 2 rings (SSSR count). The van der Waals surface area contributed by atoms with Crippen molar-refractivity contribution < 1.29 is 4.74 Å². The zero-order chi connectivity index (χ0) is 15.9. The summed E-state index contributed by atoms with van der Waals surface area (Å²) >= 11 is 0. The van der Waals surface area contributed by atoms with Gasteiger partial charge in [-0.15, -0.1) is 0 Å². The van der Waals surface area contributed by atoms with Gasteiger partial charge in [-0.3, -0.25) is 9.36 Å². The summed E-state index contributed by atoms with van der Waals surface area (Å²) in [5, 5.41) is 3.47. The average Bonchev–Trinajstić information content (AvgIpc) is 2.55. The molecule has 118 valence electrons. The Morgan fingerprint density at radius 3 is 2.73 bits per heavy atom. The minimum atomic E-state index is -0.114. The molecule has 1 atom stereocenters. The average molecular weight is 301 g/mol. The van der Waals surface area contributed by atoms with Gasteiger partial charge in [-0.2, -0.15) is 0 Å². The van der Waals surface area contributed by atoms with E-state index in [9.17, 15) is 4.79 Å². The third-order valence-electron chi connectivity index (χ3n) is 3.64. The molecule has 0 amide bonds. The summed E-state index contributed by atoms with van der Waals surface area (Å²) in [6.45, 7) is 3.27. The van der Waals surface area contributed by atoms with Crippen molar-refractivity contribution >= 4 is 0 Å². The maximum Gasteiger partial charge on any atom is 0.256 e. The van der Waals surface area contributed by atoms with Crippen molar-refractivity contribution in [3.05, 3.63) is 63.8 Å². The second-order valence-electron chi connectivity index (χ2n) is 5.31. The standard InChI is InChI=1S/C17H23N3O2/c1-13-12-19-16(20(2)17(13)21)15(18-10-7-11-22-3)14-8-5-4-6-9-14/h4-6,8-9,12,15,18H,7,10-11H2,1-3H3/t15-/m0/s1. The molecule has 1 aromatic heterocycles. The Balaban J connectivity index is 2.32. The largest absolute Gasteiger partial charge is 0.385 e. The lowest BCUT2D eigenvalue weighted by molar-refractivity contribution is 0.193. The number of nitrogens with one attached hydrogen (secondary N) is 1. The van der Waals surface area contributed by atoms with Crippen LogP contribution in [-0.4, -0.2) is 29.8 Å². The Morgan fingerprint density at radius 2 is 2.05 bits per heavy atom. The first-order chi connectivity index (χ1) is 10.6. The van der Waals surface area contributed by atoms with Crippen molar-refractivity contribution in [3.8, 4) is 0 Å². The molecule has 0 radical (unpaired) electrons. The molecule has 22 heavy (non-hydrogen) atoms. The molecule has 0 spiro atoms. The van der Waals surface area contributed by atoms with Gasteiger partial charge in [-0.1, -0.05) is 30.3 Å². The monoisotopic (exact) mass is 301 g/mol. The molecule has 0 aliphatic rings. The van der Waals surface area contributed by atoms with Crippen molar-refractivity contribution in [2.24, 2.45) is 7.05 Å². The lowest BCUT2D eigenvalue weighted by Gasteiger charge is -2.21. The van der Waals surface area contributed by atoms with Crippen molar-refractivity contribution in [3.63, 3.8) is 0 Å². The molecular formula is C17H23N3O2. The highest BCUT2D eigenvalue weighted by atomic mass is 16.5. The van der Waals surface area contributed by atoms with Crippen LogP contribution >= 0.6 is 0 Å². The van der Waals surface area contributed by atoms with Crippen LogP contribution in [0.3, 0.4) is 0 Å². The van der Waals surface area contributed by atoms with E-state index in [1.807, 2.05) is 30.3 Å². The molecule has 0 saturated carbocycles. The van der Waals surface area contributed by atoms with Crippen molar-refractivity contribution in [1.82, 2.24) is 14.9 Å². The summed E-state index contributed by atoms with van der Waals surface area (Å²) in [5.41, 5.74) is 1.73. The molecule has 1 N–H and O–H groups in total. The maximum absolute atomic E-state index is 12.2. The third kappa shape index (κ3) is 3.81. The first-order valence-electron chi connectivity index (χ1n) is 7.45. The van der Waals surface area contributed by atoms with Gasteiger partial charge in [0.2, 0.25) is 0 Å². The summed E-state index contributed by atoms with van der Waals surface area (Å²) in [6.07, 6.45) is 2.55. The van der Waals surface area contributed by atoms with Gasteiger partial charge in [0.15, 0.2) is 0 Å². The predicted octanol–water partition coefficient (Wildman–Crippen LogP) is 1.80. The summed E-state index contributed by atoms with van der Waals surface area (Å²) < 4.78 is 6.70. The van der Waals surface area contributed by atoms with Crippen LogP contribution in [0.15, 0.2) is 41.3 Å². The molecule has 5 nitrogen and oxygen atoms in total. The van der Waals surface area contributed by atoms with E-state index in [1.54, 1.807) is 31.8 Å². The van der Waals surface area contributed by atoms with Gasteiger partial charge >= 0.3 is 0 Å². The van der Waals surface area contributed by atoms with Crippen LogP contribution in [0, 0.1) is 6.92 Å². The molecule has 0 aliphatic heterocycles. The molecule has 2 aromatic rings. The number of ether oxygens (including phenoxy) is 1. The van der Waals surface area contributed by atoms with Crippen LogP contribution in [0.25, 0.3) is 0 Å². The van der Waals surface area contributed by atoms with Crippen LogP contribution in [0.5, 0.6) is 0 Å². The van der Waals surface area contributed by atoms with Crippen molar-refractivity contribution in [1.29, 1.82) is 0 Å². The molecule has 1 heterocycles. The number of nitrogens with zero attached hydrogens (tertiary/aromatic N) is 2. The fourth-order valence-corrected chi connectivity index (χ4v) is 2.41. The number of benzene rings is 1. The second-order valence-corrected chi connectivity index (χ2v) is 5.31. The Bertz CT molecular complexity index is 653. The van der Waals surface area contributed by atoms with Crippen molar-refractivity contribution in [2.75, 3.05) is 20.3 Å². The van der Waals surface area contributed by atoms with Gasteiger partial charge in [-0.25, -0.2) is 4.98 Å². The number of aryl methyl sites for hydroxylation is 1. The molecule has 0 saturated heterocycles. The van der Waals surface area contributed by atoms with E-state index >= 15 is 0 Å². The smallest absolute Gasteiger partial charge is 0.256 e. The molecule has 0 unspecified atom stereocenters. The van der Waals surface area contributed by atoms with E-state index in [4.69, 9.17) is 4.74 Å². The van der Waals surface area contributed by atoms with Gasteiger partial charge in [0, 0.05) is 32.5 Å². The van der Waals surface area contributed by atoms with Crippen LogP contribution in [-0.2, 0) is 11.8 Å². The number of rotatable bonds is 7. The quantitative estimate of drug-likeness (QED) is 0.792. The fourth-order valence-electron chi connectivity index (χ4n) is 2.41. The zero-order valence-electron chi connectivity index (χ0n) is 13.4. The number of hydrogen-bond donors (Lipinski definition) is 1. The molecule has 5 heteroatoms. The van der Waals surface area contributed by atoms with E-state index in [2.05, 4.69) is 10.3 Å².